The molecule has 0 aromatic heterocycles. The van der Waals surface area contributed by atoms with Gasteiger partial charge in [0.25, 0.3) is 0 Å². The van der Waals surface area contributed by atoms with Crippen LogP contribution in [0, 0.1) is 0 Å². The summed E-state index contributed by atoms with van der Waals surface area (Å²) in [6, 6.07) is 21.3. The van der Waals surface area contributed by atoms with Gasteiger partial charge in [0.1, 0.15) is 0 Å². The maximum Gasteiger partial charge on any atom is 0.302 e. The Hall–Kier alpha value is -2.13. The van der Waals surface area contributed by atoms with Gasteiger partial charge in [0.05, 0.1) is 6.61 Å². The third kappa shape index (κ3) is 5.18. The summed E-state index contributed by atoms with van der Waals surface area (Å²) in [5, 5.41) is 0. The van der Waals surface area contributed by atoms with E-state index in [1.807, 2.05) is 0 Å². The minimum absolute atomic E-state index is 0.166. The molecule has 0 saturated carbocycles. The zero-order chi connectivity index (χ0) is 18.8. The number of benzene rings is 2. The molecule has 2 rings (SSSR count). The van der Waals surface area contributed by atoms with Gasteiger partial charge in [-0.05, 0) is 43.6 Å². The zero-order valence-electron chi connectivity index (χ0n) is 16.3. The highest BCUT2D eigenvalue weighted by Crippen LogP contribution is 2.39. The summed E-state index contributed by atoms with van der Waals surface area (Å²) < 4.78 is 5.35. The predicted molar refractivity (Wildman–Crippen MR) is 107 cm³/mol. The first-order valence-electron chi connectivity index (χ1n) is 9.59. The van der Waals surface area contributed by atoms with Crippen molar-refractivity contribution >= 4 is 5.97 Å². The van der Waals surface area contributed by atoms with Crippen LogP contribution in [-0.2, 0) is 14.9 Å². The Morgan fingerprint density at radius 2 is 1.38 bits per heavy atom. The van der Waals surface area contributed by atoms with Crippen LogP contribution in [0.5, 0.6) is 0 Å². The minimum atomic E-state index is -0.219. The van der Waals surface area contributed by atoms with Crippen LogP contribution in [-0.4, -0.2) is 37.1 Å². The van der Waals surface area contributed by atoms with Crippen LogP contribution in [0.4, 0.5) is 0 Å². The molecule has 0 unspecified atom stereocenters. The molecule has 0 heterocycles. The highest BCUT2D eigenvalue weighted by atomic mass is 16.5. The van der Waals surface area contributed by atoms with Gasteiger partial charge in [0.2, 0.25) is 0 Å². The summed E-state index contributed by atoms with van der Waals surface area (Å²) in [4.78, 5) is 13.8. The monoisotopic (exact) mass is 353 g/mol. The van der Waals surface area contributed by atoms with E-state index >= 15 is 0 Å². The molecule has 26 heavy (non-hydrogen) atoms. The standard InChI is InChI=1S/C23H31NO2/c1-4-24(5-2)18-16-23(17-19-26-20(3)25,21-12-8-6-9-13-21)22-14-10-7-11-15-22/h6-15H,4-5,16-19H2,1-3H3. The Morgan fingerprint density at radius 3 is 1.81 bits per heavy atom. The minimum Gasteiger partial charge on any atom is -0.466 e. The van der Waals surface area contributed by atoms with Gasteiger partial charge in [0.15, 0.2) is 0 Å². The van der Waals surface area contributed by atoms with Crippen molar-refractivity contribution in [1.29, 1.82) is 0 Å². The summed E-state index contributed by atoms with van der Waals surface area (Å²) in [7, 11) is 0. The topological polar surface area (TPSA) is 29.5 Å². The van der Waals surface area contributed by atoms with Crippen molar-refractivity contribution in [1.82, 2.24) is 4.90 Å². The molecule has 0 N–H and O–H groups in total. The molecule has 2 aromatic carbocycles. The van der Waals surface area contributed by atoms with E-state index in [4.69, 9.17) is 4.74 Å². The number of carbonyl (C=O) groups excluding carboxylic acids is 1. The van der Waals surface area contributed by atoms with E-state index in [1.54, 1.807) is 0 Å². The summed E-state index contributed by atoms with van der Waals surface area (Å²) in [5.41, 5.74) is 2.40. The van der Waals surface area contributed by atoms with Crippen molar-refractivity contribution in [3.8, 4) is 0 Å². The maximum atomic E-state index is 11.3. The van der Waals surface area contributed by atoms with Gasteiger partial charge in [-0.3, -0.25) is 4.79 Å². The Morgan fingerprint density at radius 1 is 0.885 bits per heavy atom. The number of ether oxygens (including phenoxy) is 1. The van der Waals surface area contributed by atoms with Crippen LogP contribution in [0.15, 0.2) is 60.7 Å². The second kappa shape index (κ2) is 10.1. The van der Waals surface area contributed by atoms with Gasteiger partial charge in [0, 0.05) is 12.3 Å². The fourth-order valence-corrected chi connectivity index (χ4v) is 3.64. The second-order valence-electron chi connectivity index (χ2n) is 6.68. The Labute approximate surface area is 158 Å². The average molecular weight is 354 g/mol. The fraction of sp³-hybridized carbons (Fsp3) is 0.435. The van der Waals surface area contributed by atoms with Crippen molar-refractivity contribution in [2.75, 3.05) is 26.2 Å². The largest absolute Gasteiger partial charge is 0.466 e. The number of hydrogen-bond acceptors (Lipinski definition) is 3. The molecule has 0 aliphatic carbocycles. The van der Waals surface area contributed by atoms with Crippen LogP contribution in [0.3, 0.4) is 0 Å². The molecule has 140 valence electrons. The Kier molecular flexibility index (Phi) is 7.86. The molecule has 0 aliphatic heterocycles. The molecule has 3 nitrogen and oxygen atoms in total. The predicted octanol–water partition coefficient (Wildman–Crippen LogP) is 4.66. The van der Waals surface area contributed by atoms with E-state index in [-0.39, 0.29) is 11.4 Å². The Balaban J connectivity index is 2.42. The van der Waals surface area contributed by atoms with Gasteiger partial charge in [-0.15, -0.1) is 0 Å². The molecule has 0 atom stereocenters. The van der Waals surface area contributed by atoms with Crippen molar-refractivity contribution in [2.24, 2.45) is 0 Å². The van der Waals surface area contributed by atoms with E-state index < -0.39 is 0 Å². The molecular weight excluding hydrogens is 322 g/mol. The average Bonchev–Trinajstić information content (AvgIpc) is 2.68. The highest BCUT2D eigenvalue weighted by Gasteiger charge is 2.34. The summed E-state index contributed by atoms with van der Waals surface area (Å²) in [5.74, 6) is -0.219. The number of hydrogen-bond donors (Lipinski definition) is 0. The van der Waals surface area contributed by atoms with Crippen LogP contribution in [0.1, 0.15) is 44.7 Å². The lowest BCUT2D eigenvalue weighted by atomic mass is 9.69. The van der Waals surface area contributed by atoms with E-state index in [1.165, 1.54) is 18.1 Å². The molecule has 0 spiro atoms. The molecule has 0 aliphatic rings. The summed E-state index contributed by atoms with van der Waals surface area (Å²) in [6.45, 7) is 9.40. The maximum absolute atomic E-state index is 11.3. The molecule has 0 radical (unpaired) electrons. The third-order valence-electron chi connectivity index (χ3n) is 5.24. The van der Waals surface area contributed by atoms with Crippen molar-refractivity contribution in [3.63, 3.8) is 0 Å². The van der Waals surface area contributed by atoms with Gasteiger partial charge in [-0.1, -0.05) is 74.5 Å². The van der Waals surface area contributed by atoms with Crippen molar-refractivity contribution in [3.05, 3.63) is 71.8 Å². The number of esters is 1. The molecule has 0 fully saturated rings. The van der Waals surface area contributed by atoms with Gasteiger partial charge in [-0.25, -0.2) is 0 Å². The lowest BCUT2D eigenvalue weighted by Crippen LogP contribution is -2.35. The Bertz CT molecular complexity index is 611. The van der Waals surface area contributed by atoms with Gasteiger partial charge in [-0.2, -0.15) is 0 Å². The van der Waals surface area contributed by atoms with E-state index in [2.05, 4.69) is 79.4 Å². The number of nitrogens with zero attached hydrogens (tertiary/aromatic N) is 1. The number of rotatable bonds is 10. The second-order valence-corrected chi connectivity index (χ2v) is 6.68. The van der Waals surface area contributed by atoms with E-state index in [0.717, 1.165) is 32.5 Å². The third-order valence-corrected chi connectivity index (χ3v) is 5.24. The summed E-state index contributed by atoms with van der Waals surface area (Å²) >= 11 is 0. The first-order chi connectivity index (χ1) is 12.6. The van der Waals surface area contributed by atoms with Crippen LogP contribution in [0.2, 0.25) is 0 Å². The molecule has 2 aromatic rings. The van der Waals surface area contributed by atoms with Crippen LogP contribution in [0.25, 0.3) is 0 Å². The van der Waals surface area contributed by atoms with Gasteiger partial charge < -0.3 is 9.64 Å². The first-order valence-corrected chi connectivity index (χ1v) is 9.59. The van der Waals surface area contributed by atoms with E-state index in [0.29, 0.717) is 6.61 Å². The number of carbonyl (C=O) groups is 1. The molecule has 0 amide bonds. The lowest BCUT2D eigenvalue weighted by molar-refractivity contribution is -0.141. The smallest absolute Gasteiger partial charge is 0.302 e. The fourth-order valence-electron chi connectivity index (χ4n) is 3.64. The molecule has 3 heteroatoms. The van der Waals surface area contributed by atoms with Crippen molar-refractivity contribution < 1.29 is 9.53 Å². The summed E-state index contributed by atoms with van der Waals surface area (Å²) in [6.07, 6.45) is 1.77. The van der Waals surface area contributed by atoms with Crippen molar-refractivity contribution in [2.45, 2.75) is 39.0 Å². The zero-order valence-corrected chi connectivity index (χ0v) is 16.3. The lowest BCUT2D eigenvalue weighted by Gasteiger charge is -2.37. The van der Waals surface area contributed by atoms with Crippen LogP contribution < -0.4 is 0 Å². The SMILES string of the molecule is CCN(CC)CCC(CCOC(C)=O)(c1ccccc1)c1ccccc1. The van der Waals surface area contributed by atoms with Crippen LogP contribution >= 0.6 is 0 Å². The normalized spacial score (nSPS) is 11.5. The van der Waals surface area contributed by atoms with E-state index in [9.17, 15) is 4.79 Å². The molecule has 0 bridgehead atoms. The molecular formula is C23H31NO2. The van der Waals surface area contributed by atoms with Gasteiger partial charge >= 0.3 is 5.97 Å². The quantitative estimate of drug-likeness (QED) is 0.582. The first kappa shape index (κ1) is 20.2. The highest BCUT2D eigenvalue weighted by molar-refractivity contribution is 5.65. The molecule has 0 saturated heterocycles.